The van der Waals surface area contributed by atoms with Crippen molar-refractivity contribution in [2.24, 2.45) is 0 Å². The van der Waals surface area contributed by atoms with Crippen molar-refractivity contribution >= 4 is 5.91 Å². The van der Waals surface area contributed by atoms with Crippen molar-refractivity contribution in [1.82, 2.24) is 9.80 Å². The van der Waals surface area contributed by atoms with Gasteiger partial charge < -0.3 is 14.5 Å². The molecule has 0 aliphatic carbocycles. The van der Waals surface area contributed by atoms with Gasteiger partial charge in [0.15, 0.2) is 0 Å². The Morgan fingerprint density at radius 1 is 1.26 bits per heavy atom. The zero-order chi connectivity index (χ0) is 13.5. The quantitative estimate of drug-likeness (QED) is 0.737. The van der Waals surface area contributed by atoms with Crippen molar-refractivity contribution in [1.29, 1.82) is 0 Å². The van der Waals surface area contributed by atoms with E-state index in [4.69, 9.17) is 4.74 Å². The molecule has 0 aromatic rings. The topological polar surface area (TPSA) is 32.8 Å². The fourth-order valence-corrected chi connectivity index (χ4v) is 3.18. The van der Waals surface area contributed by atoms with Gasteiger partial charge >= 0.3 is 0 Å². The van der Waals surface area contributed by atoms with E-state index in [0.717, 1.165) is 45.6 Å². The van der Waals surface area contributed by atoms with E-state index in [2.05, 4.69) is 9.80 Å². The van der Waals surface area contributed by atoms with Crippen LogP contribution >= 0.6 is 0 Å². The van der Waals surface area contributed by atoms with E-state index in [1.807, 2.05) is 6.92 Å². The third kappa shape index (κ3) is 4.46. The maximum atomic E-state index is 12.1. The summed E-state index contributed by atoms with van der Waals surface area (Å²) in [6.07, 6.45) is 6.45. The third-order valence-electron chi connectivity index (χ3n) is 4.33. The molecular formula is C15H28N2O2. The summed E-state index contributed by atoms with van der Waals surface area (Å²) in [5, 5.41) is 0. The largest absolute Gasteiger partial charge is 0.381 e. The van der Waals surface area contributed by atoms with Gasteiger partial charge in [0.05, 0.1) is 0 Å². The van der Waals surface area contributed by atoms with Gasteiger partial charge in [0.25, 0.3) is 0 Å². The van der Waals surface area contributed by atoms with Crippen LogP contribution in [-0.4, -0.2) is 61.1 Å². The maximum Gasteiger partial charge on any atom is 0.222 e. The Morgan fingerprint density at radius 3 is 2.58 bits per heavy atom. The van der Waals surface area contributed by atoms with E-state index in [1.54, 1.807) is 0 Å². The highest BCUT2D eigenvalue weighted by molar-refractivity contribution is 5.76. The monoisotopic (exact) mass is 268 g/mol. The van der Waals surface area contributed by atoms with Crippen LogP contribution in [0.2, 0.25) is 0 Å². The molecule has 0 aromatic carbocycles. The van der Waals surface area contributed by atoms with Gasteiger partial charge in [-0.15, -0.1) is 0 Å². The van der Waals surface area contributed by atoms with Gasteiger partial charge in [-0.3, -0.25) is 4.79 Å². The molecule has 0 atom stereocenters. The minimum Gasteiger partial charge on any atom is -0.381 e. The summed E-state index contributed by atoms with van der Waals surface area (Å²) in [6.45, 7) is 8.16. The van der Waals surface area contributed by atoms with E-state index < -0.39 is 0 Å². The summed E-state index contributed by atoms with van der Waals surface area (Å²) in [7, 11) is 0. The Balaban J connectivity index is 1.77. The SMILES string of the molecule is CCC(=O)N(CCCN1CCCC1)C1CCOCC1. The van der Waals surface area contributed by atoms with Crippen LogP contribution in [0, 0.1) is 0 Å². The number of carbonyl (C=O) groups is 1. The average Bonchev–Trinajstić information content (AvgIpc) is 2.97. The molecule has 1 amide bonds. The van der Waals surface area contributed by atoms with Gasteiger partial charge in [0.1, 0.15) is 0 Å². The lowest BCUT2D eigenvalue weighted by atomic mass is 10.1. The minimum absolute atomic E-state index is 0.313. The van der Waals surface area contributed by atoms with E-state index in [1.165, 1.54) is 25.9 Å². The first-order valence-corrected chi connectivity index (χ1v) is 7.91. The number of hydrogen-bond donors (Lipinski definition) is 0. The normalized spacial score (nSPS) is 21.7. The smallest absolute Gasteiger partial charge is 0.222 e. The lowest BCUT2D eigenvalue weighted by Crippen LogP contribution is -2.44. The zero-order valence-electron chi connectivity index (χ0n) is 12.3. The molecule has 2 rings (SSSR count). The Hall–Kier alpha value is -0.610. The van der Waals surface area contributed by atoms with Crippen LogP contribution in [-0.2, 0) is 9.53 Å². The van der Waals surface area contributed by atoms with Crippen LogP contribution in [0.25, 0.3) is 0 Å². The summed E-state index contributed by atoms with van der Waals surface area (Å²) in [6, 6.07) is 0.416. The second kappa shape index (κ2) is 7.85. The molecule has 0 saturated carbocycles. The number of amides is 1. The summed E-state index contributed by atoms with van der Waals surface area (Å²) < 4.78 is 5.40. The number of rotatable bonds is 6. The summed E-state index contributed by atoms with van der Waals surface area (Å²) in [5.74, 6) is 0.313. The second-order valence-electron chi connectivity index (χ2n) is 5.69. The predicted molar refractivity (Wildman–Crippen MR) is 76.1 cm³/mol. The summed E-state index contributed by atoms with van der Waals surface area (Å²) in [5.41, 5.74) is 0. The van der Waals surface area contributed by atoms with E-state index in [0.29, 0.717) is 18.4 Å². The molecule has 0 N–H and O–H groups in total. The van der Waals surface area contributed by atoms with Crippen molar-refractivity contribution in [3.63, 3.8) is 0 Å². The first kappa shape index (κ1) is 14.8. The van der Waals surface area contributed by atoms with Gasteiger partial charge in [0.2, 0.25) is 5.91 Å². The average molecular weight is 268 g/mol. The molecule has 110 valence electrons. The molecule has 2 saturated heterocycles. The molecule has 2 heterocycles. The lowest BCUT2D eigenvalue weighted by Gasteiger charge is -2.34. The van der Waals surface area contributed by atoms with Crippen LogP contribution < -0.4 is 0 Å². The van der Waals surface area contributed by atoms with Gasteiger partial charge in [-0.25, -0.2) is 0 Å². The zero-order valence-corrected chi connectivity index (χ0v) is 12.3. The van der Waals surface area contributed by atoms with Crippen molar-refractivity contribution in [2.75, 3.05) is 39.4 Å². The van der Waals surface area contributed by atoms with Gasteiger partial charge in [0, 0.05) is 32.2 Å². The molecule has 0 spiro atoms. The molecule has 4 nitrogen and oxygen atoms in total. The molecule has 0 bridgehead atoms. The van der Waals surface area contributed by atoms with E-state index in [-0.39, 0.29) is 0 Å². The number of hydrogen-bond acceptors (Lipinski definition) is 3. The van der Waals surface area contributed by atoms with E-state index >= 15 is 0 Å². The van der Waals surface area contributed by atoms with Crippen LogP contribution in [0.3, 0.4) is 0 Å². The molecule has 0 aromatic heterocycles. The summed E-state index contributed by atoms with van der Waals surface area (Å²) >= 11 is 0. The Kier molecular flexibility index (Phi) is 6.11. The Bertz CT molecular complexity index is 271. The molecule has 2 aliphatic heterocycles. The Labute approximate surface area is 117 Å². The van der Waals surface area contributed by atoms with Crippen molar-refractivity contribution in [3.05, 3.63) is 0 Å². The molecule has 4 heteroatoms. The first-order chi connectivity index (χ1) is 9.31. The lowest BCUT2D eigenvalue weighted by molar-refractivity contribution is -0.135. The van der Waals surface area contributed by atoms with Crippen LogP contribution in [0.15, 0.2) is 0 Å². The van der Waals surface area contributed by atoms with Gasteiger partial charge in [-0.2, -0.15) is 0 Å². The van der Waals surface area contributed by atoms with E-state index in [9.17, 15) is 4.79 Å². The highest BCUT2D eigenvalue weighted by Crippen LogP contribution is 2.16. The molecule has 19 heavy (non-hydrogen) atoms. The standard InChI is InChI=1S/C15H28N2O2/c1-2-15(18)17(14-6-12-19-13-7-14)11-5-10-16-8-3-4-9-16/h14H,2-13H2,1H3. The molecule has 0 unspecified atom stereocenters. The second-order valence-corrected chi connectivity index (χ2v) is 5.69. The highest BCUT2D eigenvalue weighted by atomic mass is 16.5. The molecule has 2 fully saturated rings. The number of carbonyl (C=O) groups excluding carboxylic acids is 1. The molecule has 0 radical (unpaired) electrons. The maximum absolute atomic E-state index is 12.1. The van der Waals surface area contributed by atoms with Crippen molar-refractivity contribution in [2.45, 2.75) is 51.5 Å². The van der Waals surface area contributed by atoms with Gasteiger partial charge in [-0.05, 0) is 51.7 Å². The number of nitrogens with zero attached hydrogens (tertiary/aromatic N) is 2. The summed E-state index contributed by atoms with van der Waals surface area (Å²) in [4.78, 5) is 16.8. The Morgan fingerprint density at radius 2 is 1.95 bits per heavy atom. The third-order valence-corrected chi connectivity index (χ3v) is 4.33. The van der Waals surface area contributed by atoms with Crippen LogP contribution in [0.1, 0.15) is 45.4 Å². The van der Waals surface area contributed by atoms with Crippen LogP contribution in [0.4, 0.5) is 0 Å². The van der Waals surface area contributed by atoms with Crippen molar-refractivity contribution in [3.8, 4) is 0 Å². The van der Waals surface area contributed by atoms with Crippen molar-refractivity contribution < 1.29 is 9.53 Å². The van der Waals surface area contributed by atoms with Gasteiger partial charge in [-0.1, -0.05) is 6.92 Å². The fourth-order valence-electron chi connectivity index (χ4n) is 3.18. The molecule has 2 aliphatic rings. The van der Waals surface area contributed by atoms with Crippen LogP contribution in [0.5, 0.6) is 0 Å². The number of ether oxygens (including phenoxy) is 1. The first-order valence-electron chi connectivity index (χ1n) is 7.91. The minimum atomic E-state index is 0.313. The molecular weight excluding hydrogens is 240 g/mol. The fraction of sp³-hybridized carbons (Fsp3) is 0.933. The number of likely N-dealkylation sites (tertiary alicyclic amines) is 1. The predicted octanol–water partition coefficient (Wildman–Crippen LogP) is 1.89. The highest BCUT2D eigenvalue weighted by Gasteiger charge is 2.24.